The van der Waals surface area contributed by atoms with Crippen molar-refractivity contribution in [3.05, 3.63) is 47.7 Å². The number of nitriles is 1. The lowest BCUT2D eigenvalue weighted by Crippen LogP contribution is -2.01. The highest BCUT2D eigenvalue weighted by Crippen LogP contribution is 2.25. The van der Waals surface area contributed by atoms with E-state index < -0.39 is 5.97 Å². The molecule has 0 aliphatic carbocycles. The number of pyridine rings is 1. The summed E-state index contributed by atoms with van der Waals surface area (Å²) in [4.78, 5) is 15.7. The predicted octanol–water partition coefficient (Wildman–Crippen LogP) is 2.42. The van der Waals surface area contributed by atoms with Crippen molar-refractivity contribution in [2.24, 2.45) is 0 Å². The Morgan fingerprint density at radius 2 is 2.05 bits per heavy atom. The lowest BCUT2D eigenvalue weighted by molar-refractivity contribution is 0.0600. The average Bonchev–Trinajstić information content (AvgIpc) is 2.53. The van der Waals surface area contributed by atoms with E-state index in [-0.39, 0.29) is 0 Å². The SMILES string of the molecule is COC(=O)c1ccnc(-c2ccc(OC)c(C#N)c2)c1. The summed E-state index contributed by atoms with van der Waals surface area (Å²) < 4.78 is 9.76. The molecule has 2 rings (SSSR count). The highest BCUT2D eigenvalue weighted by molar-refractivity contribution is 5.90. The van der Waals surface area contributed by atoms with E-state index in [1.807, 2.05) is 0 Å². The van der Waals surface area contributed by atoms with Crippen molar-refractivity contribution in [3.8, 4) is 23.1 Å². The highest BCUT2D eigenvalue weighted by Gasteiger charge is 2.10. The van der Waals surface area contributed by atoms with Gasteiger partial charge in [0.05, 0.1) is 31.0 Å². The lowest BCUT2D eigenvalue weighted by Gasteiger charge is -2.06. The Morgan fingerprint density at radius 3 is 2.70 bits per heavy atom. The summed E-state index contributed by atoms with van der Waals surface area (Å²) in [6.07, 6.45) is 1.53. The van der Waals surface area contributed by atoms with Crippen LogP contribution in [0.4, 0.5) is 0 Å². The van der Waals surface area contributed by atoms with Gasteiger partial charge in [-0.1, -0.05) is 0 Å². The van der Waals surface area contributed by atoms with E-state index >= 15 is 0 Å². The second-order valence-corrected chi connectivity index (χ2v) is 3.95. The maximum atomic E-state index is 11.5. The van der Waals surface area contributed by atoms with Crippen molar-refractivity contribution in [2.45, 2.75) is 0 Å². The molecule has 0 atom stereocenters. The normalized spacial score (nSPS) is 9.65. The molecule has 100 valence electrons. The van der Waals surface area contributed by atoms with Crippen molar-refractivity contribution in [3.63, 3.8) is 0 Å². The van der Waals surface area contributed by atoms with Crippen LogP contribution in [-0.2, 0) is 4.74 Å². The van der Waals surface area contributed by atoms with Gasteiger partial charge in [-0.05, 0) is 30.3 Å². The van der Waals surface area contributed by atoms with Crippen LogP contribution in [0.5, 0.6) is 5.75 Å². The van der Waals surface area contributed by atoms with Gasteiger partial charge >= 0.3 is 5.97 Å². The minimum Gasteiger partial charge on any atom is -0.495 e. The van der Waals surface area contributed by atoms with Crippen molar-refractivity contribution >= 4 is 5.97 Å². The molecule has 0 saturated carbocycles. The first kappa shape index (κ1) is 13.6. The number of aromatic nitrogens is 1. The second-order valence-electron chi connectivity index (χ2n) is 3.95. The molecule has 1 aromatic heterocycles. The number of carbonyl (C=O) groups excluding carboxylic acids is 1. The van der Waals surface area contributed by atoms with E-state index in [1.165, 1.54) is 20.4 Å². The van der Waals surface area contributed by atoms with E-state index in [0.717, 1.165) is 5.56 Å². The Bertz CT molecular complexity index is 690. The summed E-state index contributed by atoms with van der Waals surface area (Å²) in [7, 11) is 2.83. The third-order valence-corrected chi connectivity index (χ3v) is 2.80. The van der Waals surface area contributed by atoms with Crippen LogP contribution >= 0.6 is 0 Å². The molecule has 0 unspecified atom stereocenters. The Morgan fingerprint density at radius 1 is 1.25 bits per heavy atom. The van der Waals surface area contributed by atoms with Crippen LogP contribution in [0.25, 0.3) is 11.3 Å². The van der Waals surface area contributed by atoms with Crippen LogP contribution in [0.2, 0.25) is 0 Å². The number of nitrogens with zero attached hydrogens (tertiary/aromatic N) is 2. The molecule has 0 aliphatic rings. The van der Waals surface area contributed by atoms with Crippen LogP contribution in [0.1, 0.15) is 15.9 Å². The number of methoxy groups -OCH3 is 2. The van der Waals surface area contributed by atoms with Crippen LogP contribution in [0, 0.1) is 11.3 Å². The van der Waals surface area contributed by atoms with Crippen LogP contribution in [0.3, 0.4) is 0 Å². The third-order valence-electron chi connectivity index (χ3n) is 2.80. The number of hydrogen-bond donors (Lipinski definition) is 0. The molecular formula is C15H12N2O3. The first-order chi connectivity index (χ1) is 9.69. The minimum absolute atomic E-state index is 0.409. The monoisotopic (exact) mass is 268 g/mol. The molecule has 0 aliphatic heterocycles. The fraction of sp³-hybridized carbons (Fsp3) is 0.133. The van der Waals surface area contributed by atoms with Gasteiger partial charge in [-0.25, -0.2) is 4.79 Å². The molecule has 5 nitrogen and oxygen atoms in total. The molecule has 0 amide bonds. The fourth-order valence-corrected chi connectivity index (χ4v) is 1.79. The number of ether oxygens (including phenoxy) is 2. The quantitative estimate of drug-likeness (QED) is 0.799. The smallest absolute Gasteiger partial charge is 0.337 e. The molecule has 0 radical (unpaired) electrons. The topological polar surface area (TPSA) is 72.2 Å². The molecule has 0 saturated heterocycles. The van der Waals surface area contributed by atoms with Crippen molar-refractivity contribution in [2.75, 3.05) is 14.2 Å². The highest BCUT2D eigenvalue weighted by atomic mass is 16.5. The average molecular weight is 268 g/mol. The first-order valence-corrected chi connectivity index (χ1v) is 5.82. The van der Waals surface area contributed by atoms with E-state index in [1.54, 1.807) is 30.3 Å². The molecule has 0 bridgehead atoms. The van der Waals surface area contributed by atoms with E-state index in [0.29, 0.717) is 22.6 Å². The van der Waals surface area contributed by atoms with Gasteiger partial charge in [-0.15, -0.1) is 0 Å². The molecule has 20 heavy (non-hydrogen) atoms. The summed E-state index contributed by atoms with van der Waals surface area (Å²) >= 11 is 0. The van der Waals surface area contributed by atoms with Gasteiger partial charge in [0.15, 0.2) is 0 Å². The third kappa shape index (κ3) is 2.59. The molecule has 5 heteroatoms. The molecule has 2 aromatic rings. The van der Waals surface area contributed by atoms with E-state index in [9.17, 15) is 4.79 Å². The Balaban J connectivity index is 2.47. The van der Waals surface area contributed by atoms with Crippen LogP contribution in [-0.4, -0.2) is 25.2 Å². The maximum absolute atomic E-state index is 11.5. The predicted molar refractivity (Wildman–Crippen MR) is 72.3 cm³/mol. The fourth-order valence-electron chi connectivity index (χ4n) is 1.79. The molecule has 1 aromatic carbocycles. The molecule has 0 fully saturated rings. The maximum Gasteiger partial charge on any atom is 0.337 e. The Labute approximate surface area is 116 Å². The van der Waals surface area contributed by atoms with E-state index in [2.05, 4.69) is 15.8 Å². The zero-order chi connectivity index (χ0) is 14.5. The summed E-state index contributed by atoms with van der Waals surface area (Å²) in [6, 6.07) is 10.4. The number of rotatable bonds is 3. The first-order valence-electron chi connectivity index (χ1n) is 5.82. The zero-order valence-corrected chi connectivity index (χ0v) is 11.1. The minimum atomic E-state index is -0.428. The number of esters is 1. The number of benzene rings is 1. The largest absolute Gasteiger partial charge is 0.495 e. The Hall–Kier alpha value is -2.87. The van der Waals surface area contributed by atoms with Crippen molar-refractivity contribution < 1.29 is 14.3 Å². The van der Waals surface area contributed by atoms with Gasteiger partial charge in [0.25, 0.3) is 0 Å². The van der Waals surface area contributed by atoms with Gasteiger partial charge in [0.1, 0.15) is 11.8 Å². The molecule has 0 spiro atoms. The van der Waals surface area contributed by atoms with Gasteiger partial charge in [-0.3, -0.25) is 4.98 Å². The van der Waals surface area contributed by atoms with Crippen LogP contribution < -0.4 is 4.74 Å². The summed E-state index contributed by atoms with van der Waals surface area (Å²) in [6.45, 7) is 0. The lowest BCUT2D eigenvalue weighted by atomic mass is 10.1. The van der Waals surface area contributed by atoms with Gasteiger partial charge in [0, 0.05) is 11.8 Å². The summed E-state index contributed by atoms with van der Waals surface area (Å²) in [5.74, 6) is 0.0723. The van der Waals surface area contributed by atoms with E-state index in [4.69, 9.17) is 10.00 Å². The molecule has 1 heterocycles. The van der Waals surface area contributed by atoms with Gasteiger partial charge in [0.2, 0.25) is 0 Å². The second kappa shape index (κ2) is 5.85. The standard InChI is InChI=1S/C15H12N2O3/c1-19-14-4-3-10(7-12(14)9-16)13-8-11(5-6-17-13)15(18)20-2/h3-8H,1-2H3. The Kier molecular flexibility index (Phi) is 3.96. The van der Waals surface area contributed by atoms with Crippen LogP contribution in [0.15, 0.2) is 36.5 Å². The number of carbonyl (C=O) groups is 1. The zero-order valence-electron chi connectivity index (χ0n) is 11.1. The molecular weight excluding hydrogens is 256 g/mol. The summed E-state index contributed by atoms with van der Waals surface area (Å²) in [5.41, 5.74) is 2.14. The van der Waals surface area contributed by atoms with Gasteiger partial charge < -0.3 is 9.47 Å². The van der Waals surface area contributed by atoms with Crippen molar-refractivity contribution in [1.29, 1.82) is 5.26 Å². The van der Waals surface area contributed by atoms with Gasteiger partial charge in [-0.2, -0.15) is 5.26 Å². The molecule has 0 N–H and O–H groups in total. The summed E-state index contributed by atoms with van der Waals surface area (Å²) in [5, 5.41) is 9.08. The number of hydrogen-bond acceptors (Lipinski definition) is 5. The van der Waals surface area contributed by atoms with Crippen molar-refractivity contribution in [1.82, 2.24) is 4.98 Å².